The van der Waals surface area contributed by atoms with Gasteiger partial charge in [-0.1, -0.05) is 31.8 Å². The topological polar surface area (TPSA) is 0 Å². The lowest BCUT2D eigenvalue weighted by molar-refractivity contribution is -0.0328. The summed E-state index contributed by atoms with van der Waals surface area (Å²) in [5.74, 6) is 6.50. The molecule has 0 atom stereocenters. The number of benzene rings is 1. The average molecular weight is 284 g/mol. The summed E-state index contributed by atoms with van der Waals surface area (Å²) in [7, 11) is 0. The molecule has 19 heavy (non-hydrogen) atoms. The molecular formula is C15H15F3S. The molecule has 0 aliphatic heterocycles. The van der Waals surface area contributed by atoms with Crippen molar-refractivity contribution < 1.29 is 13.2 Å². The molecule has 0 heterocycles. The summed E-state index contributed by atoms with van der Waals surface area (Å²) in [6.45, 7) is 3.93. The summed E-state index contributed by atoms with van der Waals surface area (Å²) in [5, 5.41) is 0. The Morgan fingerprint density at radius 3 is 2.47 bits per heavy atom. The van der Waals surface area contributed by atoms with Gasteiger partial charge in [0.15, 0.2) is 0 Å². The number of alkyl halides is 3. The molecule has 0 amide bonds. The summed E-state index contributed by atoms with van der Waals surface area (Å²) in [6.07, 6.45) is 2.14. The van der Waals surface area contributed by atoms with E-state index in [1.807, 2.05) is 19.9 Å². The third-order valence-corrected chi connectivity index (χ3v) is 3.68. The van der Waals surface area contributed by atoms with Gasteiger partial charge in [0, 0.05) is 16.4 Å². The predicted octanol–water partition coefficient (Wildman–Crippen LogP) is 5.18. The number of thioether (sulfide) groups is 1. The molecule has 1 fully saturated rings. The van der Waals surface area contributed by atoms with Crippen LogP contribution >= 0.6 is 11.8 Å². The van der Waals surface area contributed by atoms with Crippen molar-refractivity contribution in [3.05, 3.63) is 29.3 Å². The highest BCUT2D eigenvalue weighted by Crippen LogP contribution is 2.39. The Morgan fingerprint density at radius 2 is 1.95 bits per heavy atom. The molecule has 102 valence electrons. The van der Waals surface area contributed by atoms with Gasteiger partial charge in [0.25, 0.3) is 0 Å². The van der Waals surface area contributed by atoms with Gasteiger partial charge in [-0.2, -0.15) is 13.2 Å². The Kier molecular flexibility index (Phi) is 4.15. The molecule has 1 aromatic carbocycles. The minimum Gasteiger partial charge on any atom is -0.160 e. The summed E-state index contributed by atoms with van der Waals surface area (Å²) in [6, 6.07) is 5.18. The van der Waals surface area contributed by atoms with E-state index in [2.05, 4.69) is 11.8 Å². The van der Waals surface area contributed by atoms with Crippen molar-refractivity contribution in [3.63, 3.8) is 0 Å². The highest BCUT2D eigenvalue weighted by atomic mass is 32.2. The lowest BCUT2D eigenvalue weighted by atomic mass is 10.0. The van der Waals surface area contributed by atoms with E-state index in [0.717, 1.165) is 18.4 Å². The van der Waals surface area contributed by atoms with Gasteiger partial charge >= 0.3 is 5.51 Å². The van der Waals surface area contributed by atoms with Crippen molar-refractivity contribution in [1.82, 2.24) is 0 Å². The Hall–Kier alpha value is -1.08. The quantitative estimate of drug-likeness (QED) is 0.532. The molecule has 0 spiro atoms. The van der Waals surface area contributed by atoms with Gasteiger partial charge < -0.3 is 0 Å². The Labute approximate surface area is 115 Å². The lowest BCUT2D eigenvalue weighted by Gasteiger charge is -2.11. The number of halogens is 3. The Balaban J connectivity index is 2.32. The second-order valence-electron chi connectivity index (χ2n) is 5.00. The zero-order valence-corrected chi connectivity index (χ0v) is 11.7. The highest BCUT2D eigenvalue weighted by molar-refractivity contribution is 8.00. The summed E-state index contributed by atoms with van der Waals surface area (Å²) < 4.78 is 37.7. The fourth-order valence-corrected chi connectivity index (χ4v) is 2.29. The minimum atomic E-state index is -4.27. The molecule has 1 aliphatic carbocycles. The van der Waals surface area contributed by atoms with Crippen LogP contribution in [0.5, 0.6) is 0 Å². The van der Waals surface area contributed by atoms with Crippen LogP contribution in [-0.4, -0.2) is 5.51 Å². The fourth-order valence-electron chi connectivity index (χ4n) is 1.62. The van der Waals surface area contributed by atoms with Crippen molar-refractivity contribution >= 4 is 11.8 Å². The lowest BCUT2D eigenvalue weighted by Crippen LogP contribution is -2.01. The van der Waals surface area contributed by atoms with Crippen LogP contribution in [0.15, 0.2) is 23.1 Å². The van der Waals surface area contributed by atoms with Crippen LogP contribution in [0, 0.1) is 17.8 Å². The molecule has 1 aliphatic rings. The van der Waals surface area contributed by atoms with Crippen molar-refractivity contribution in [1.29, 1.82) is 0 Å². The van der Waals surface area contributed by atoms with E-state index in [1.54, 1.807) is 12.1 Å². The molecule has 0 aromatic heterocycles. The molecule has 0 saturated heterocycles. The molecule has 0 N–H and O–H groups in total. The molecule has 2 rings (SSSR count). The van der Waals surface area contributed by atoms with Crippen LogP contribution < -0.4 is 0 Å². The molecule has 0 unspecified atom stereocenters. The van der Waals surface area contributed by atoms with E-state index in [4.69, 9.17) is 0 Å². The maximum atomic E-state index is 12.6. The summed E-state index contributed by atoms with van der Waals surface area (Å²) in [4.78, 5) is 0.215. The number of hydrogen-bond acceptors (Lipinski definition) is 1. The predicted molar refractivity (Wildman–Crippen MR) is 72.0 cm³/mol. The van der Waals surface area contributed by atoms with Gasteiger partial charge in [-0.15, -0.1) is 0 Å². The first-order valence-electron chi connectivity index (χ1n) is 6.26. The van der Waals surface area contributed by atoms with Gasteiger partial charge in [0.1, 0.15) is 0 Å². The monoisotopic (exact) mass is 284 g/mol. The largest absolute Gasteiger partial charge is 0.446 e. The first-order chi connectivity index (χ1) is 8.85. The van der Waals surface area contributed by atoms with Crippen molar-refractivity contribution in [2.45, 2.75) is 43.0 Å². The van der Waals surface area contributed by atoms with Crippen molar-refractivity contribution in [2.24, 2.45) is 5.92 Å². The van der Waals surface area contributed by atoms with Gasteiger partial charge in [0.05, 0.1) is 0 Å². The van der Waals surface area contributed by atoms with Crippen LogP contribution in [0.1, 0.15) is 43.7 Å². The zero-order valence-electron chi connectivity index (χ0n) is 10.8. The zero-order chi connectivity index (χ0) is 14.0. The molecule has 4 heteroatoms. The first kappa shape index (κ1) is 14.3. The van der Waals surface area contributed by atoms with Crippen LogP contribution in [0.2, 0.25) is 0 Å². The average Bonchev–Trinajstić information content (AvgIpc) is 3.08. The molecule has 0 nitrogen and oxygen atoms in total. The molecule has 0 radical (unpaired) electrons. The third-order valence-electron chi connectivity index (χ3n) is 2.89. The van der Waals surface area contributed by atoms with E-state index in [-0.39, 0.29) is 22.6 Å². The van der Waals surface area contributed by atoms with Crippen LogP contribution in [0.4, 0.5) is 13.2 Å². The van der Waals surface area contributed by atoms with Crippen molar-refractivity contribution in [3.8, 4) is 11.8 Å². The highest BCUT2D eigenvalue weighted by Gasteiger charge is 2.30. The maximum absolute atomic E-state index is 12.6. The van der Waals surface area contributed by atoms with Crippen LogP contribution in [0.3, 0.4) is 0 Å². The first-order valence-corrected chi connectivity index (χ1v) is 7.08. The van der Waals surface area contributed by atoms with E-state index < -0.39 is 5.51 Å². The van der Waals surface area contributed by atoms with Crippen molar-refractivity contribution in [2.75, 3.05) is 0 Å². The van der Waals surface area contributed by atoms with Gasteiger partial charge in [-0.3, -0.25) is 0 Å². The van der Waals surface area contributed by atoms with E-state index in [1.165, 1.54) is 0 Å². The van der Waals surface area contributed by atoms with Crippen LogP contribution in [0.25, 0.3) is 0 Å². The second kappa shape index (κ2) is 5.50. The van der Waals surface area contributed by atoms with Gasteiger partial charge in [-0.25, -0.2) is 0 Å². The number of hydrogen-bond donors (Lipinski definition) is 0. The molecular weight excluding hydrogens is 269 g/mol. The third kappa shape index (κ3) is 4.50. The van der Waals surface area contributed by atoms with E-state index in [9.17, 15) is 13.2 Å². The fraction of sp³-hybridized carbons (Fsp3) is 0.467. The maximum Gasteiger partial charge on any atom is 0.446 e. The standard InChI is InChI=1S/C15H15F3S/c1-10(2)13-8-7-12(6-5-11-3-4-11)14(9-13)19-15(16,17)18/h7-11H,3-4H2,1-2H3. The normalized spacial score (nSPS) is 15.3. The summed E-state index contributed by atoms with van der Waals surface area (Å²) >= 11 is -0.0715. The second-order valence-corrected chi connectivity index (χ2v) is 6.11. The number of rotatable bonds is 2. The van der Waals surface area contributed by atoms with Gasteiger partial charge in [0.2, 0.25) is 0 Å². The van der Waals surface area contributed by atoms with Gasteiger partial charge in [-0.05, 0) is 48.2 Å². The molecule has 0 bridgehead atoms. The van der Waals surface area contributed by atoms with E-state index in [0.29, 0.717) is 11.5 Å². The molecule has 1 aromatic rings. The Morgan fingerprint density at radius 1 is 1.26 bits per heavy atom. The Bertz CT molecular complexity index is 516. The smallest absolute Gasteiger partial charge is 0.160 e. The van der Waals surface area contributed by atoms with Crippen LogP contribution in [-0.2, 0) is 0 Å². The molecule has 1 saturated carbocycles. The van der Waals surface area contributed by atoms with E-state index >= 15 is 0 Å². The summed E-state index contributed by atoms with van der Waals surface area (Å²) in [5.41, 5.74) is -2.88. The minimum absolute atomic E-state index is 0.0715. The SMILES string of the molecule is CC(C)c1ccc(C#CC2CC2)c(SC(F)(F)F)c1.